The number of benzene rings is 1. The van der Waals surface area contributed by atoms with Crippen molar-refractivity contribution < 1.29 is 22.9 Å². The fourth-order valence-corrected chi connectivity index (χ4v) is 3.15. The van der Waals surface area contributed by atoms with Gasteiger partial charge in [0.2, 0.25) is 0 Å². The molecule has 19 heavy (non-hydrogen) atoms. The lowest BCUT2D eigenvalue weighted by Gasteiger charge is -2.18. The minimum absolute atomic E-state index is 0.0531. The minimum Gasteiger partial charge on any atom is -0.478 e. The third kappa shape index (κ3) is 3.30. The van der Waals surface area contributed by atoms with Gasteiger partial charge in [0, 0.05) is 5.25 Å². The molecule has 0 bridgehead atoms. The maximum Gasteiger partial charge on any atom is 0.349 e. The van der Waals surface area contributed by atoms with Crippen LogP contribution in [0.2, 0.25) is 0 Å². The number of hydrogen-bond acceptors (Lipinski definition) is 2. The number of halogens is 3. The van der Waals surface area contributed by atoms with Gasteiger partial charge in [-0.25, -0.2) is 4.79 Å². The number of aromatic carboxylic acids is 1. The van der Waals surface area contributed by atoms with E-state index in [2.05, 4.69) is 0 Å². The Hall–Kier alpha value is -1.01. The van der Waals surface area contributed by atoms with Crippen LogP contribution < -0.4 is 0 Å². The van der Waals surface area contributed by atoms with Crippen LogP contribution in [0, 0.1) is 6.92 Å². The van der Waals surface area contributed by atoms with Crippen molar-refractivity contribution in [1.82, 2.24) is 0 Å². The molecule has 1 aromatic carbocycles. The predicted molar refractivity (Wildman–Crippen MR) is 69.4 cm³/mol. The molecule has 0 aliphatic heterocycles. The molecule has 0 aliphatic rings. The summed E-state index contributed by atoms with van der Waals surface area (Å²) < 4.78 is 38.8. The fraction of sp³-hybridized carbons (Fsp3) is 0.417. The molecular formula is C12H13ClF2O3S. The lowest BCUT2D eigenvalue weighted by atomic mass is 10.0. The van der Waals surface area contributed by atoms with Gasteiger partial charge in [-0.1, -0.05) is 13.8 Å². The van der Waals surface area contributed by atoms with Gasteiger partial charge >= 0.3 is 11.4 Å². The second kappa shape index (κ2) is 5.54. The molecule has 0 radical (unpaired) electrons. The summed E-state index contributed by atoms with van der Waals surface area (Å²) in [5.41, 5.74) is -0.713. The van der Waals surface area contributed by atoms with Crippen LogP contribution in [0.15, 0.2) is 17.0 Å². The van der Waals surface area contributed by atoms with Crippen molar-refractivity contribution in [3.8, 4) is 0 Å². The van der Waals surface area contributed by atoms with E-state index < -0.39 is 33.0 Å². The molecule has 0 saturated carbocycles. The van der Waals surface area contributed by atoms with Gasteiger partial charge in [-0.2, -0.15) is 8.78 Å². The van der Waals surface area contributed by atoms with Crippen molar-refractivity contribution in [2.24, 2.45) is 0 Å². The molecule has 0 aliphatic carbocycles. The average Bonchev–Trinajstić information content (AvgIpc) is 2.25. The Morgan fingerprint density at radius 1 is 1.42 bits per heavy atom. The van der Waals surface area contributed by atoms with Crippen LogP contribution in [0.3, 0.4) is 0 Å². The monoisotopic (exact) mass is 310 g/mol. The molecule has 0 unspecified atom stereocenters. The first-order valence-electron chi connectivity index (χ1n) is 5.42. The Balaban J connectivity index is 3.65. The first-order chi connectivity index (χ1) is 8.57. The highest BCUT2D eigenvalue weighted by molar-refractivity contribution is 7.85. The third-order valence-electron chi connectivity index (χ3n) is 2.57. The van der Waals surface area contributed by atoms with Gasteiger partial charge in [0.05, 0.1) is 26.8 Å². The molecule has 1 atom stereocenters. The second-order valence-corrected chi connectivity index (χ2v) is 6.68. The van der Waals surface area contributed by atoms with Crippen LogP contribution in [-0.2, 0) is 16.2 Å². The van der Waals surface area contributed by atoms with Crippen LogP contribution >= 0.6 is 11.6 Å². The summed E-state index contributed by atoms with van der Waals surface area (Å²) in [5, 5.41) is 4.86. The zero-order valence-corrected chi connectivity index (χ0v) is 12.1. The molecule has 1 aromatic rings. The van der Waals surface area contributed by atoms with Gasteiger partial charge in [0.15, 0.2) is 0 Å². The number of hydrogen-bond donors (Lipinski definition) is 1. The van der Waals surface area contributed by atoms with Gasteiger partial charge < -0.3 is 5.11 Å². The molecule has 0 heterocycles. The highest BCUT2D eigenvalue weighted by Crippen LogP contribution is 2.38. The molecule has 3 nitrogen and oxygen atoms in total. The quantitative estimate of drug-likeness (QED) is 0.866. The van der Waals surface area contributed by atoms with Crippen LogP contribution in [-0.4, -0.2) is 20.5 Å². The van der Waals surface area contributed by atoms with E-state index in [1.807, 2.05) is 0 Å². The lowest BCUT2D eigenvalue weighted by molar-refractivity contribution is 0.0693. The van der Waals surface area contributed by atoms with E-state index in [1.165, 1.54) is 6.92 Å². The molecule has 1 N–H and O–H groups in total. The van der Waals surface area contributed by atoms with Crippen molar-refractivity contribution in [1.29, 1.82) is 0 Å². The topological polar surface area (TPSA) is 54.4 Å². The highest BCUT2D eigenvalue weighted by atomic mass is 35.5. The van der Waals surface area contributed by atoms with Crippen molar-refractivity contribution in [3.63, 3.8) is 0 Å². The van der Waals surface area contributed by atoms with Crippen LogP contribution in [0.4, 0.5) is 8.78 Å². The number of carboxylic acid groups (broad SMARTS) is 1. The van der Waals surface area contributed by atoms with Crippen LogP contribution in [0.5, 0.6) is 0 Å². The predicted octanol–water partition coefficient (Wildman–Crippen LogP) is 3.50. The van der Waals surface area contributed by atoms with Crippen LogP contribution in [0.25, 0.3) is 0 Å². The standard InChI is InChI=1S/C12H13ClF2O3S/c1-6(2)19(18)10-7(3)8(11(16)17)4-5-9(10)12(13,14)15/h4-6H,1-3H3,(H,16,17)/t19-/m1/s1. The van der Waals surface area contributed by atoms with E-state index in [0.29, 0.717) is 0 Å². The maximum absolute atomic E-state index is 13.3. The van der Waals surface area contributed by atoms with Crippen molar-refractivity contribution in [3.05, 3.63) is 28.8 Å². The van der Waals surface area contributed by atoms with Gasteiger partial charge in [0.1, 0.15) is 0 Å². The Morgan fingerprint density at radius 3 is 2.32 bits per heavy atom. The maximum atomic E-state index is 13.3. The molecular weight excluding hydrogens is 298 g/mol. The largest absolute Gasteiger partial charge is 0.478 e. The summed E-state index contributed by atoms with van der Waals surface area (Å²) in [6, 6.07) is 1.96. The molecule has 0 aromatic heterocycles. The summed E-state index contributed by atoms with van der Waals surface area (Å²) in [4.78, 5) is 10.8. The first kappa shape index (κ1) is 16.0. The van der Waals surface area contributed by atoms with E-state index in [-0.39, 0.29) is 16.0 Å². The van der Waals surface area contributed by atoms with Gasteiger partial charge in [-0.3, -0.25) is 4.21 Å². The van der Waals surface area contributed by atoms with Gasteiger partial charge in [-0.15, -0.1) is 0 Å². The fourth-order valence-electron chi connectivity index (χ4n) is 1.64. The number of alkyl halides is 3. The zero-order valence-electron chi connectivity index (χ0n) is 10.5. The summed E-state index contributed by atoms with van der Waals surface area (Å²) >= 11 is 5.00. The summed E-state index contributed by atoms with van der Waals surface area (Å²) in [6.45, 7) is 4.55. The van der Waals surface area contributed by atoms with Crippen LogP contribution in [0.1, 0.15) is 35.3 Å². The third-order valence-corrected chi connectivity index (χ3v) is 4.56. The van der Waals surface area contributed by atoms with Crippen molar-refractivity contribution in [2.45, 2.75) is 36.3 Å². The lowest BCUT2D eigenvalue weighted by Crippen LogP contribution is -2.17. The molecule has 0 saturated heterocycles. The van der Waals surface area contributed by atoms with E-state index in [4.69, 9.17) is 16.7 Å². The van der Waals surface area contributed by atoms with E-state index in [0.717, 1.165) is 12.1 Å². The minimum atomic E-state index is -3.69. The second-order valence-electron chi connectivity index (χ2n) is 4.26. The van der Waals surface area contributed by atoms with Gasteiger partial charge in [-0.05, 0) is 36.2 Å². The summed E-state index contributed by atoms with van der Waals surface area (Å²) in [5.74, 6) is -1.26. The normalized spacial score (nSPS) is 13.6. The number of carbonyl (C=O) groups is 1. The smallest absolute Gasteiger partial charge is 0.349 e. The average molecular weight is 311 g/mol. The molecule has 7 heteroatoms. The zero-order chi connectivity index (χ0) is 15.0. The number of carboxylic acids is 1. The first-order valence-corrected chi connectivity index (χ1v) is 7.01. The summed E-state index contributed by atoms with van der Waals surface area (Å²) in [6.07, 6.45) is 0. The number of rotatable bonds is 4. The van der Waals surface area contributed by atoms with E-state index in [9.17, 15) is 17.8 Å². The SMILES string of the molecule is Cc1c(C(=O)O)ccc(C(F)(F)Cl)c1[S@](=O)C(C)C. The van der Waals surface area contributed by atoms with Crippen molar-refractivity contribution in [2.75, 3.05) is 0 Å². The Labute approximate surface area is 117 Å². The Morgan fingerprint density at radius 2 is 1.95 bits per heavy atom. The molecule has 0 fully saturated rings. The highest BCUT2D eigenvalue weighted by Gasteiger charge is 2.35. The summed E-state index contributed by atoms with van der Waals surface area (Å²) in [7, 11) is -1.76. The molecule has 0 amide bonds. The van der Waals surface area contributed by atoms with E-state index in [1.54, 1.807) is 13.8 Å². The molecule has 106 valence electrons. The molecule has 1 rings (SSSR count). The Kier molecular flexibility index (Phi) is 4.68. The van der Waals surface area contributed by atoms with E-state index >= 15 is 0 Å². The molecule has 0 spiro atoms. The van der Waals surface area contributed by atoms with Crippen molar-refractivity contribution >= 4 is 28.4 Å². The van der Waals surface area contributed by atoms with Gasteiger partial charge in [0.25, 0.3) is 0 Å². The Bertz CT molecular complexity index is 539.